The summed E-state index contributed by atoms with van der Waals surface area (Å²) in [6.45, 7) is 4.66. The number of nitrogens with one attached hydrogen (secondary N) is 1. The van der Waals surface area contributed by atoms with E-state index in [9.17, 15) is 9.59 Å². The van der Waals surface area contributed by atoms with Crippen LogP contribution in [-0.4, -0.2) is 47.6 Å². The number of nitrogens with zero attached hydrogens (tertiary/aromatic N) is 1. The van der Waals surface area contributed by atoms with Crippen molar-refractivity contribution < 1.29 is 14.7 Å². The van der Waals surface area contributed by atoms with Crippen LogP contribution >= 0.6 is 0 Å². The fourth-order valence-electron chi connectivity index (χ4n) is 3.77. The molecule has 5 nitrogen and oxygen atoms in total. The van der Waals surface area contributed by atoms with Crippen molar-refractivity contribution in [1.82, 2.24) is 10.2 Å². The van der Waals surface area contributed by atoms with Gasteiger partial charge in [0.2, 0.25) is 5.91 Å². The molecule has 2 aliphatic heterocycles. The summed E-state index contributed by atoms with van der Waals surface area (Å²) >= 11 is 0. The minimum absolute atomic E-state index is 0.118. The Morgan fingerprint density at radius 3 is 2.76 bits per heavy atom. The van der Waals surface area contributed by atoms with Crippen molar-refractivity contribution in [3.63, 3.8) is 0 Å². The van der Waals surface area contributed by atoms with Gasteiger partial charge in [-0.3, -0.25) is 9.59 Å². The molecule has 120 valence electrons. The molecule has 1 amide bonds. The van der Waals surface area contributed by atoms with Crippen LogP contribution in [0.25, 0.3) is 0 Å². The van der Waals surface area contributed by atoms with E-state index < -0.39 is 5.97 Å². The fourth-order valence-corrected chi connectivity index (χ4v) is 3.77. The molecule has 2 unspecified atom stereocenters. The number of likely N-dealkylation sites (tertiary alicyclic amines) is 1. The third-order valence-electron chi connectivity index (χ3n) is 5.18. The van der Waals surface area contributed by atoms with Crippen molar-refractivity contribution in [3.05, 3.63) is 0 Å². The van der Waals surface area contributed by atoms with Crippen LogP contribution in [0.2, 0.25) is 0 Å². The zero-order valence-corrected chi connectivity index (χ0v) is 13.1. The summed E-state index contributed by atoms with van der Waals surface area (Å²) in [5.74, 6) is -0.509. The van der Waals surface area contributed by atoms with Gasteiger partial charge in [-0.25, -0.2) is 0 Å². The molecule has 0 spiro atoms. The van der Waals surface area contributed by atoms with E-state index in [0.717, 1.165) is 58.2 Å². The first kappa shape index (κ1) is 16.3. The van der Waals surface area contributed by atoms with Crippen molar-refractivity contribution in [1.29, 1.82) is 0 Å². The summed E-state index contributed by atoms with van der Waals surface area (Å²) < 4.78 is 0. The van der Waals surface area contributed by atoms with Crippen LogP contribution in [-0.2, 0) is 9.59 Å². The lowest BCUT2D eigenvalue weighted by atomic mass is 9.76. The minimum Gasteiger partial charge on any atom is -0.481 e. The Morgan fingerprint density at radius 2 is 2.14 bits per heavy atom. The number of carboxylic acid groups (broad SMARTS) is 1. The minimum atomic E-state index is -0.766. The number of aliphatic carboxylic acids is 1. The van der Waals surface area contributed by atoms with Crippen LogP contribution in [0.5, 0.6) is 0 Å². The van der Waals surface area contributed by atoms with Gasteiger partial charge in [0.15, 0.2) is 0 Å². The van der Waals surface area contributed by atoms with Gasteiger partial charge in [0.1, 0.15) is 0 Å². The summed E-state index contributed by atoms with van der Waals surface area (Å²) in [6.07, 6.45) is 6.71. The second-order valence-corrected chi connectivity index (χ2v) is 6.49. The molecule has 0 saturated carbocycles. The Labute approximate surface area is 127 Å². The first-order chi connectivity index (χ1) is 10.1. The van der Waals surface area contributed by atoms with E-state index in [4.69, 9.17) is 5.11 Å². The zero-order valence-electron chi connectivity index (χ0n) is 13.1. The van der Waals surface area contributed by atoms with Crippen molar-refractivity contribution in [2.24, 2.45) is 5.41 Å². The van der Waals surface area contributed by atoms with Crippen LogP contribution < -0.4 is 5.32 Å². The summed E-state index contributed by atoms with van der Waals surface area (Å²) in [5, 5.41) is 12.3. The van der Waals surface area contributed by atoms with Crippen LogP contribution in [0, 0.1) is 5.41 Å². The molecule has 21 heavy (non-hydrogen) atoms. The molecular formula is C16H28N2O3. The molecule has 2 N–H and O–H groups in total. The predicted octanol–water partition coefficient (Wildman–Crippen LogP) is 2.01. The molecule has 0 aromatic carbocycles. The number of amides is 1. The molecule has 0 aliphatic carbocycles. The number of rotatable bonds is 5. The van der Waals surface area contributed by atoms with E-state index in [-0.39, 0.29) is 23.8 Å². The van der Waals surface area contributed by atoms with Gasteiger partial charge in [-0.15, -0.1) is 0 Å². The van der Waals surface area contributed by atoms with Crippen molar-refractivity contribution in [2.45, 2.75) is 64.3 Å². The molecule has 5 heteroatoms. The van der Waals surface area contributed by atoms with Crippen LogP contribution in [0.15, 0.2) is 0 Å². The second-order valence-electron chi connectivity index (χ2n) is 6.49. The lowest BCUT2D eigenvalue weighted by molar-refractivity contribution is -0.149. The van der Waals surface area contributed by atoms with E-state index in [1.165, 1.54) is 0 Å². The smallest absolute Gasteiger partial charge is 0.303 e. The van der Waals surface area contributed by atoms with Gasteiger partial charge in [-0.1, -0.05) is 6.92 Å². The molecule has 2 fully saturated rings. The Kier molecular flexibility index (Phi) is 5.62. The van der Waals surface area contributed by atoms with Gasteiger partial charge in [0.05, 0.1) is 5.41 Å². The number of piperidine rings is 2. The number of hydrogen-bond donors (Lipinski definition) is 2. The maximum absolute atomic E-state index is 13.1. The normalized spacial score (nSPS) is 30.1. The van der Waals surface area contributed by atoms with Gasteiger partial charge in [-0.2, -0.15) is 0 Å². The average Bonchev–Trinajstić information content (AvgIpc) is 2.53. The Balaban J connectivity index is 2.07. The Hall–Kier alpha value is -1.10. The number of hydrogen-bond acceptors (Lipinski definition) is 3. The van der Waals surface area contributed by atoms with Crippen molar-refractivity contribution >= 4 is 11.9 Å². The molecule has 0 aromatic rings. The maximum atomic E-state index is 13.1. The van der Waals surface area contributed by atoms with Gasteiger partial charge < -0.3 is 15.3 Å². The lowest BCUT2D eigenvalue weighted by Crippen LogP contribution is -2.55. The monoisotopic (exact) mass is 296 g/mol. The Bertz CT molecular complexity index is 378. The number of carbonyl (C=O) groups is 2. The van der Waals surface area contributed by atoms with Gasteiger partial charge in [-0.05, 0) is 51.5 Å². The largest absolute Gasteiger partial charge is 0.481 e. The lowest BCUT2D eigenvalue weighted by Gasteiger charge is -2.44. The fraction of sp³-hybridized carbons (Fsp3) is 0.875. The summed E-state index contributed by atoms with van der Waals surface area (Å²) in [5.41, 5.74) is -0.267. The summed E-state index contributed by atoms with van der Waals surface area (Å²) in [7, 11) is 0. The third-order valence-corrected chi connectivity index (χ3v) is 5.18. The maximum Gasteiger partial charge on any atom is 0.303 e. The van der Waals surface area contributed by atoms with Crippen LogP contribution in [0.1, 0.15) is 58.3 Å². The first-order valence-corrected chi connectivity index (χ1v) is 8.32. The van der Waals surface area contributed by atoms with E-state index >= 15 is 0 Å². The number of carboxylic acids is 1. The van der Waals surface area contributed by atoms with E-state index in [2.05, 4.69) is 12.2 Å². The second kappa shape index (κ2) is 7.25. The summed E-state index contributed by atoms with van der Waals surface area (Å²) in [6, 6.07) is 0.118. The first-order valence-electron chi connectivity index (χ1n) is 8.32. The Morgan fingerprint density at radius 1 is 1.33 bits per heavy atom. The average molecular weight is 296 g/mol. The molecule has 2 rings (SSSR count). The van der Waals surface area contributed by atoms with Gasteiger partial charge in [0, 0.05) is 25.6 Å². The molecular weight excluding hydrogens is 268 g/mol. The highest BCUT2D eigenvalue weighted by Gasteiger charge is 2.42. The predicted molar refractivity (Wildman–Crippen MR) is 81.0 cm³/mol. The summed E-state index contributed by atoms with van der Waals surface area (Å²) in [4.78, 5) is 25.9. The topological polar surface area (TPSA) is 69.6 Å². The van der Waals surface area contributed by atoms with Gasteiger partial charge in [0.25, 0.3) is 0 Å². The third kappa shape index (κ3) is 3.76. The molecule has 0 radical (unpaired) electrons. The molecule has 2 atom stereocenters. The van der Waals surface area contributed by atoms with Crippen LogP contribution in [0.4, 0.5) is 0 Å². The molecule has 2 saturated heterocycles. The van der Waals surface area contributed by atoms with E-state index in [0.29, 0.717) is 6.42 Å². The molecule has 0 bridgehead atoms. The quantitative estimate of drug-likeness (QED) is 0.814. The highest BCUT2D eigenvalue weighted by Crippen LogP contribution is 2.35. The highest BCUT2D eigenvalue weighted by atomic mass is 16.4. The van der Waals surface area contributed by atoms with E-state index in [1.807, 2.05) is 4.90 Å². The SMILES string of the molecule is CCC1(C(=O)N2CCCCC2CCC(=O)O)CCCNC1. The van der Waals surface area contributed by atoms with Gasteiger partial charge >= 0.3 is 5.97 Å². The number of carbonyl (C=O) groups excluding carboxylic acids is 1. The van der Waals surface area contributed by atoms with E-state index in [1.54, 1.807) is 0 Å². The van der Waals surface area contributed by atoms with Crippen LogP contribution in [0.3, 0.4) is 0 Å². The van der Waals surface area contributed by atoms with Crippen molar-refractivity contribution in [2.75, 3.05) is 19.6 Å². The molecule has 2 aliphatic rings. The highest BCUT2D eigenvalue weighted by molar-refractivity contribution is 5.83. The molecule has 2 heterocycles. The van der Waals surface area contributed by atoms with Crippen molar-refractivity contribution in [3.8, 4) is 0 Å². The zero-order chi connectivity index (χ0) is 15.3. The molecule has 0 aromatic heterocycles. The standard InChI is InChI=1S/C16H28N2O3/c1-2-16(9-5-10-17-12-16)15(21)18-11-4-3-6-13(18)7-8-14(19)20/h13,17H,2-12H2,1H3,(H,19,20).